The summed E-state index contributed by atoms with van der Waals surface area (Å²) >= 11 is 0. The Bertz CT molecular complexity index is 331. The summed E-state index contributed by atoms with van der Waals surface area (Å²) in [6.45, 7) is 1.75. The summed E-state index contributed by atoms with van der Waals surface area (Å²) in [6, 6.07) is 9.87. The Hall–Kier alpha value is -0.940. The zero-order chi connectivity index (χ0) is 12.1. The number of aliphatic hydroxyl groups is 2. The van der Waals surface area contributed by atoms with Gasteiger partial charge in [-0.05, 0) is 5.56 Å². The van der Waals surface area contributed by atoms with E-state index < -0.39 is 6.10 Å². The van der Waals surface area contributed by atoms with Gasteiger partial charge in [0, 0.05) is 25.6 Å². The van der Waals surface area contributed by atoms with Crippen LogP contribution in [-0.4, -0.2) is 42.1 Å². The van der Waals surface area contributed by atoms with E-state index in [0.29, 0.717) is 19.7 Å². The second kappa shape index (κ2) is 6.12. The summed E-state index contributed by atoms with van der Waals surface area (Å²) in [6.07, 6.45) is -0.842. The molecule has 4 heteroatoms. The quantitative estimate of drug-likeness (QED) is 0.697. The summed E-state index contributed by atoms with van der Waals surface area (Å²) in [5.74, 6) is -0.135. The van der Waals surface area contributed by atoms with Crippen LogP contribution in [0.25, 0.3) is 0 Å². The van der Waals surface area contributed by atoms with Crippen LogP contribution in [-0.2, 0) is 11.3 Å². The first-order chi connectivity index (χ1) is 8.31. The van der Waals surface area contributed by atoms with Gasteiger partial charge < -0.3 is 20.3 Å². The molecule has 0 amide bonds. The van der Waals surface area contributed by atoms with E-state index in [1.165, 1.54) is 0 Å². The van der Waals surface area contributed by atoms with Crippen molar-refractivity contribution in [2.24, 2.45) is 5.92 Å². The third kappa shape index (κ3) is 3.26. The number of rotatable bonds is 4. The van der Waals surface area contributed by atoms with E-state index in [9.17, 15) is 5.11 Å². The third-order valence-corrected chi connectivity index (χ3v) is 3.16. The summed E-state index contributed by atoms with van der Waals surface area (Å²) in [5, 5.41) is 22.2. The van der Waals surface area contributed by atoms with Crippen molar-refractivity contribution < 1.29 is 14.9 Å². The predicted molar refractivity (Wildman–Crippen MR) is 64.5 cm³/mol. The SMILES string of the molecule is OCC1CNC[C@@H](OCc2ccccc2)[C@@H]1O. The average molecular weight is 237 g/mol. The highest BCUT2D eigenvalue weighted by atomic mass is 16.5. The molecule has 1 aromatic carbocycles. The minimum absolute atomic E-state index is 0.0145. The van der Waals surface area contributed by atoms with E-state index in [1.54, 1.807) is 0 Å². The number of hydrogen-bond donors (Lipinski definition) is 3. The van der Waals surface area contributed by atoms with Crippen LogP contribution >= 0.6 is 0 Å². The number of ether oxygens (including phenoxy) is 1. The van der Waals surface area contributed by atoms with Gasteiger partial charge in [-0.15, -0.1) is 0 Å². The third-order valence-electron chi connectivity index (χ3n) is 3.16. The Morgan fingerprint density at radius 3 is 2.71 bits per heavy atom. The molecular formula is C13H19NO3. The molecule has 1 saturated heterocycles. The first-order valence-electron chi connectivity index (χ1n) is 5.96. The molecule has 0 spiro atoms. The molecule has 3 N–H and O–H groups in total. The van der Waals surface area contributed by atoms with Gasteiger partial charge in [0.1, 0.15) is 0 Å². The van der Waals surface area contributed by atoms with Crippen molar-refractivity contribution in [3.05, 3.63) is 35.9 Å². The minimum Gasteiger partial charge on any atom is -0.396 e. The van der Waals surface area contributed by atoms with Crippen LogP contribution in [0.5, 0.6) is 0 Å². The molecule has 1 unspecified atom stereocenters. The normalized spacial score (nSPS) is 29.2. The molecule has 0 radical (unpaired) electrons. The zero-order valence-corrected chi connectivity index (χ0v) is 9.75. The molecule has 4 nitrogen and oxygen atoms in total. The molecule has 1 aliphatic heterocycles. The molecule has 0 aromatic heterocycles. The van der Waals surface area contributed by atoms with Crippen molar-refractivity contribution in [3.8, 4) is 0 Å². The van der Waals surface area contributed by atoms with Gasteiger partial charge in [0.25, 0.3) is 0 Å². The fourth-order valence-corrected chi connectivity index (χ4v) is 2.06. The number of piperidine rings is 1. The van der Waals surface area contributed by atoms with Crippen molar-refractivity contribution in [2.75, 3.05) is 19.7 Å². The first-order valence-corrected chi connectivity index (χ1v) is 5.96. The molecule has 0 saturated carbocycles. The van der Waals surface area contributed by atoms with E-state index in [-0.39, 0.29) is 18.6 Å². The number of aliphatic hydroxyl groups excluding tert-OH is 2. The van der Waals surface area contributed by atoms with E-state index in [0.717, 1.165) is 5.56 Å². The molecule has 1 aromatic rings. The molecule has 94 valence electrons. The molecule has 1 aliphatic rings. The van der Waals surface area contributed by atoms with Gasteiger partial charge in [0.15, 0.2) is 0 Å². The van der Waals surface area contributed by atoms with Crippen LogP contribution in [0.2, 0.25) is 0 Å². The number of nitrogens with one attached hydrogen (secondary N) is 1. The maximum absolute atomic E-state index is 9.98. The van der Waals surface area contributed by atoms with Gasteiger partial charge in [-0.1, -0.05) is 30.3 Å². The van der Waals surface area contributed by atoms with Crippen molar-refractivity contribution >= 4 is 0 Å². The van der Waals surface area contributed by atoms with Crippen molar-refractivity contribution in [1.82, 2.24) is 5.32 Å². The van der Waals surface area contributed by atoms with Crippen LogP contribution in [0.1, 0.15) is 5.56 Å². The van der Waals surface area contributed by atoms with E-state index >= 15 is 0 Å². The van der Waals surface area contributed by atoms with Gasteiger partial charge in [-0.2, -0.15) is 0 Å². The van der Waals surface area contributed by atoms with Crippen LogP contribution in [0.3, 0.4) is 0 Å². The van der Waals surface area contributed by atoms with E-state index in [1.807, 2.05) is 30.3 Å². The lowest BCUT2D eigenvalue weighted by molar-refractivity contribution is -0.0911. The topological polar surface area (TPSA) is 61.7 Å². The fourth-order valence-electron chi connectivity index (χ4n) is 2.06. The fraction of sp³-hybridized carbons (Fsp3) is 0.538. The lowest BCUT2D eigenvalue weighted by Gasteiger charge is -2.34. The molecule has 0 bridgehead atoms. The summed E-state index contributed by atoms with van der Waals surface area (Å²) in [4.78, 5) is 0. The Balaban J connectivity index is 1.86. The Morgan fingerprint density at radius 1 is 1.24 bits per heavy atom. The van der Waals surface area contributed by atoms with Crippen molar-refractivity contribution in [3.63, 3.8) is 0 Å². The average Bonchev–Trinajstić information content (AvgIpc) is 2.39. The van der Waals surface area contributed by atoms with E-state index in [4.69, 9.17) is 9.84 Å². The van der Waals surface area contributed by atoms with Crippen LogP contribution in [0.4, 0.5) is 0 Å². The summed E-state index contributed by atoms with van der Waals surface area (Å²) < 4.78 is 5.69. The smallest absolute Gasteiger partial charge is 0.0966 e. The van der Waals surface area contributed by atoms with Crippen LogP contribution < -0.4 is 5.32 Å². The van der Waals surface area contributed by atoms with Crippen molar-refractivity contribution in [2.45, 2.75) is 18.8 Å². The zero-order valence-electron chi connectivity index (χ0n) is 9.75. The lowest BCUT2D eigenvalue weighted by Crippen LogP contribution is -2.52. The van der Waals surface area contributed by atoms with Gasteiger partial charge in [-0.3, -0.25) is 0 Å². The highest BCUT2D eigenvalue weighted by Crippen LogP contribution is 2.15. The van der Waals surface area contributed by atoms with Crippen LogP contribution in [0.15, 0.2) is 30.3 Å². The predicted octanol–water partition coefficient (Wildman–Crippen LogP) is 0.144. The lowest BCUT2D eigenvalue weighted by atomic mass is 9.94. The molecule has 1 heterocycles. The first kappa shape index (κ1) is 12.5. The Labute approximate surface area is 101 Å². The molecule has 2 rings (SSSR count). The maximum Gasteiger partial charge on any atom is 0.0966 e. The molecule has 17 heavy (non-hydrogen) atoms. The van der Waals surface area contributed by atoms with Gasteiger partial charge in [0.2, 0.25) is 0 Å². The Morgan fingerprint density at radius 2 is 2.00 bits per heavy atom. The maximum atomic E-state index is 9.98. The van der Waals surface area contributed by atoms with E-state index in [2.05, 4.69) is 5.32 Å². The highest BCUT2D eigenvalue weighted by Gasteiger charge is 2.31. The standard InChI is InChI=1S/C13H19NO3/c15-8-11-6-14-7-12(13(11)16)17-9-10-4-2-1-3-5-10/h1-5,11-16H,6-9H2/t11?,12-,13-/m1/s1. The van der Waals surface area contributed by atoms with Crippen LogP contribution in [0, 0.1) is 5.92 Å². The molecule has 1 fully saturated rings. The highest BCUT2D eigenvalue weighted by molar-refractivity contribution is 5.13. The molecule has 3 atom stereocenters. The van der Waals surface area contributed by atoms with Gasteiger partial charge in [0.05, 0.1) is 18.8 Å². The van der Waals surface area contributed by atoms with Gasteiger partial charge in [-0.25, -0.2) is 0 Å². The monoisotopic (exact) mass is 237 g/mol. The molecule has 0 aliphatic carbocycles. The van der Waals surface area contributed by atoms with Gasteiger partial charge >= 0.3 is 0 Å². The minimum atomic E-state index is -0.593. The second-order valence-electron chi connectivity index (χ2n) is 4.43. The van der Waals surface area contributed by atoms with Crippen molar-refractivity contribution in [1.29, 1.82) is 0 Å². The summed E-state index contributed by atoms with van der Waals surface area (Å²) in [7, 11) is 0. The largest absolute Gasteiger partial charge is 0.396 e. The number of hydrogen-bond acceptors (Lipinski definition) is 4. The second-order valence-corrected chi connectivity index (χ2v) is 4.43. The molecular weight excluding hydrogens is 218 g/mol. The summed E-state index contributed by atoms with van der Waals surface area (Å²) in [5.41, 5.74) is 1.09. The Kier molecular flexibility index (Phi) is 4.50. The number of benzene rings is 1.